The lowest BCUT2D eigenvalue weighted by Gasteiger charge is -2.63. The molecule has 0 aromatic carbocycles. The van der Waals surface area contributed by atoms with E-state index in [4.69, 9.17) is 0 Å². The number of hydrogen-bond acceptors (Lipinski definition) is 6. The first-order valence-corrected chi connectivity index (χ1v) is 11.7. The van der Waals surface area contributed by atoms with Crippen molar-refractivity contribution in [3.63, 3.8) is 0 Å². The molecule has 0 radical (unpaired) electrons. The molecule has 33 heavy (non-hydrogen) atoms. The second-order valence-corrected chi connectivity index (χ2v) is 11.8. The van der Waals surface area contributed by atoms with Crippen LogP contribution in [0.2, 0.25) is 0 Å². The molecule has 0 saturated heterocycles. The van der Waals surface area contributed by atoms with Gasteiger partial charge in [-0.05, 0) is 62.0 Å². The molecule has 2 saturated carbocycles. The number of aliphatic hydroxyl groups excluding tert-OH is 2. The van der Waals surface area contributed by atoms with Crippen molar-refractivity contribution in [2.45, 2.75) is 60.0 Å². The van der Waals surface area contributed by atoms with Crippen molar-refractivity contribution < 1.29 is 29.4 Å². The van der Waals surface area contributed by atoms with E-state index in [-0.39, 0.29) is 23.4 Å². The second kappa shape index (κ2) is 6.32. The van der Waals surface area contributed by atoms with Gasteiger partial charge in [0.25, 0.3) is 11.8 Å². The summed E-state index contributed by atoms with van der Waals surface area (Å²) >= 11 is 0. The minimum Gasteiger partial charge on any atom is -0.504 e. The van der Waals surface area contributed by atoms with Gasteiger partial charge < -0.3 is 10.2 Å². The van der Waals surface area contributed by atoms with Gasteiger partial charge in [0.05, 0.1) is 11.5 Å². The molecule has 7 heteroatoms. The summed E-state index contributed by atoms with van der Waals surface area (Å²) in [5.41, 5.74) is -2.83. The van der Waals surface area contributed by atoms with Crippen molar-refractivity contribution >= 4 is 23.4 Å². The van der Waals surface area contributed by atoms with Crippen molar-refractivity contribution in [3.05, 3.63) is 35.1 Å². The first-order valence-electron chi connectivity index (χ1n) is 11.7. The number of hydrogen-bond donors (Lipinski definition) is 3. The molecule has 0 spiro atoms. The van der Waals surface area contributed by atoms with E-state index in [9.17, 15) is 29.4 Å². The topological polar surface area (TPSA) is 121 Å². The normalized spacial score (nSPS) is 46.1. The molecule has 4 aliphatic carbocycles. The van der Waals surface area contributed by atoms with Crippen LogP contribution in [0.4, 0.5) is 0 Å². The zero-order valence-corrected chi connectivity index (χ0v) is 19.7. The summed E-state index contributed by atoms with van der Waals surface area (Å²) in [5.74, 6) is -2.84. The SMILES string of the molecule is CC1(C)C(=O)C=C[C@@]2(C)C1=C(O)C(=O)[C@@]1(C)C3CC[C@@H](C4=CC(=O)NC4=O)[C@@]3(C)C[C@H](O)[C@H]21. The lowest BCUT2D eigenvalue weighted by Crippen LogP contribution is -2.66. The third-order valence-electron chi connectivity index (χ3n) is 9.85. The highest BCUT2D eigenvalue weighted by molar-refractivity contribution is 6.16. The fourth-order valence-corrected chi connectivity index (χ4v) is 8.72. The maximum atomic E-state index is 13.9. The van der Waals surface area contributed by atoms with Crippen LogP contribution in [0, 0.1) is 39.4 Å². The van der Waals surface area contributed by atoms with Crippen LogP contribution in [0.25, 0.3) is 0 Å². The fraction of sp³-hybridized carbons (Fsp3) is 0.615. The van der Waals surface area contributed by atoms with Gasteiger partial charge in [-0.1, -0.05) is 26.8 Å². The van der Waals surface area contributed by atoms with E-state index in [2.05, 4.69) is 5.32 Å². The van der Waals surface area contributed by atoms with Crippen LogP contribution in [0.1, 0.15) is 53.9 Å². The van der Waals surface area contributed by atoms with E-state index in [0.29, 0.717) is 30.4 Å². The average Bonchev–Trinajstić information content (AvgIpc) is 3.21. The number of aliphatic hydroxyl groups is 2. The Morgan fingerprint density at radius 1 is 1.03 bits per heavy atom. The van der Waals surface area contributed by atoms with Crippen LogP contribution in [0.15, 0.2) is 35.1 Å². The quantitative estimate of drug-likeness (QED) is 0.525. The summed E-state index contributed by atoms with van der Waals surface area (Å²) in [6.45, 7) is 9.16. The molecule has 5 rings (SSSR count). The number of carbonyl (C=O) groups is 4. The standard InChI is InChI=1S/C26H31NO6/c1-23(2)16(29)8-9-24(3)19-14(28)11-25(4)13(12-10-17(30)27-22(12)33)6-7-15(25)26(19,5)21(32)18(31)20(23)24/h8-10,13-15,19,28,31H,6-7,11H2,1-5H3,(H,27,30,33)/t13-,14-,15?,19+,24+,25+,26-/m0/s1. The highest BCUT2D eigenvalue weighted by Gasteiger charge is 2.72. The summed E-state index contributed by atoms with van der Waals surface area (Å²) in [5, 5.41) is 25.2. The number of imide groups is 1. The Morgan fingerprint density at radius 2 is 1.70 bits per heavy atom. The van der Waals surface area contributed by atoms with Gasteiger partial charge in [-0.15, -0.1) is 0 Å². The first-order chi connectivity index (χ1) is 15.2. The number of rotatable bonds is 1. The van der Waals surface area contributed by atoms with E-state index in [0.717, 1.165) is 0 Å². The number of carbonyl (C=O) groups excluding carboxylic acids is 4. The van der Waals surface area contributed by atoms with Crippen molar-refractivity contribution in [2.75, 3.05) is 0 Å². The van der Waals surface area contributed by atoms with E-state index in [1.165, 1.54) is 12.2 Å². The molecule has 7 nitrogen and oxygen atoms in total. The van der Waals surface area contributed by atoms with Crippen molar-refractivity contribution in [1.29, 1.82) is 0 Å². The van der Waals surface area contributed by atoms with Gasteiger partial charge in [-0.2, -0.15) is 0 Å². The number of allylic oxidation sites excluding steroid dienone is 4. The van der Waals surface area contributed by atoms with Crippen molar-refractivity contribution in [2.24, 2.45) is 39.4 Å². The summed E-state index contributed by atoms with van der Waals surface area (Å²) in [7, 11) is 0. The monoisotopic (exact) mass is 453 g/mol. The Balaban J connectivity index is 1.69. The molecule has 176 valence electrons. The third kappa shape index (κ3) is 2.44. The van der Waals surface area contributed by atoms with Crippen LogP contribution in [0.5, 0.6) is 0 Å². The van der Waals surface area contributed by atoms with Crippen molar-refractivity contribution in [1.82, 2.24) is 5.32 Å². The smallest absolute Gasteiger partial charge is 0.254 e. The highest BCUT2D eigenvalue weighted by Crippen LogP contribution is 2.72. The first kappa shape index (κ1) is 22.3. The van der Waals surface area contributed by atoms with Gasteiger partial charge in [0.1, 0.15) is 0 Å². The lowest BCUT2D eigenvalue weighted by molar-refractivity contribution is -0.177. The minimum atomic E-state index is -1.09. The predicted octanol–water partition coefficient (Wildman–Crippen LogP) is 2.56. The number of amides is 2. The van der Waals surface area contributed by atoms with Gasteiger partial charge in [0, 0.05) is 28.4 Å². The number of fused-ring (bicyclic) bond motifs is 5. The third-order valence-corrected chi connectivity index (χ3v) is 9.85. The largest absolute Gasteiger partial charge is 0.504 e. The Bertz CT molecular complexity index is 1130. The molecule has 1 unspecified atom stereocenters. The zero-order chi connectivity index (χ0) is 24.3. The van der Waals surface area contributed by atoms with Gasteiger partial charge in [-0.25, -0.2) is 0 Å². The number of ketones is 2. The van der Waals surface area contributed by atoms with Crippen LogP contribution in [0.3, 0.4) is 0 Å². The average molecular weight is 454 g/mol. The van der Waals surface area contributed by atoms with Crippen molar-refractivity contribution in [3.8, 4) is 0 Å². The van der Waals surface area contributed by atoms with Gasteiger partial charge in [-0.3, -0.25) is 24.5 Å². The van der Waals surface area contributed by atoms with Gasteiger partial charge in [0.2, 0.25) is 5.78 Å². The summed E-state index contributed by atoms with van der Waals surface area (Å²) < 4.78 is 0. The molecule has 0 aromatic rings. The number of Topliss-reactive ketones (excluding diaryl/α,β-unsaturated/α-hetero) is 1. The molecular weight excluding hydrogens is 422 g/mol. The molecule has 0 bridgehead atoms. The molecule has 2 fully saturated rings. The van der Waals surface area contributed by atoms with E-state index >= 15 is 0 Å². The molecular formula is C26H31NO6. The van der Waals surface area contributed by atoms with Crippen LogP contribution < -0.4 is 5.32 Å². The van der Waals surface area contributed by atoms with Gasteiger partial charge in [0.15, 0.2) is 11.5 Å². The fourth-order valence-electron chi connectivity index (χ4n) is 8.72. The van der Waals surface area contributed by atoms with E-state index in [1.807, 2.05) is 20.8 Å². The lowest BCUT2D eigenvalue weighted by atomic mass is 9.39. The van der Waals surface area contributed by atoms with Gasteiger partial charge >= 0.3 is 0 Å². The van der Waals surface area contributed by atoms with Crippen LogP contribution >= 0.6 is 0 Å². The molecule has 7 atom stereocenters. The Morgan fingerprint density at radius 3 is 2.30 bits per heavy atom. The molecule has 1 aliphatic heterocycles. The Kier molecular flexibility index (Phi) is 4.26. The zero-order valence-electron chi connectivity index (χ0n) is 19.7. The van der Waals surface area contributed by atoms with Crippen LogP contribution in [-0.4, -0.2) is 39.7 Å². The predicted molar refractivity (Wildman–Crippen MR) is 118 cm³/mol. The molecule has 2 amide bonds. The maximum absolute atomic E-state index is 13.9. The second-order valence-electron chi connectivity index (χ2n) is 11.8. The molecule has 3 N–H and O–H groups in total. The molecule has 0 aromatic heterocycles. The summed E-state index contributed by atoms with van der Waals surface area (Å²) in [6.07, 6.45) is 5.33. The highest BCUT2D eigenvalue weighted by atomic mass is 16.3. The maximum Gasteiger partial charge on any atom is 0.254 e. The van der Waals surface area contributed by atoms with E-state index < -0.39 is 51.3 Å². The van der Waals surface area contributed by atoms with Crippen LogP contribution in [-0.2, 0) is 19.2 Å². The minimum absolute atomic E-state index is 0.183. The molecule has 1 heterocycles. The summed E-state index contributed by atoms with van der Waals surface area (Å²) in [4.78, 5) is 50.9. The number of nitrogens with one attached hydrogen (secondary N) is 1. The summed E-state index contributed by atoms with van der Waals surface area (Å²) in [6, 6.07) is 0. The Labute approximate surface area is 193 Å². The Hall–Kier alpha value is -2.54. The molecule has 5 aliphatic rings. The van der Waals surface area contributed by atoms with E-state index in [1.54, 1.807) is 19.9 Å².